The second-order valence-corrected chi connectivity index (χ2v) is 6.21. The first-order valence-corrected chi connectivity index (χ1v) is 7.36. The molecule has 128 valence electrons. The fourth-order valence-corrected chi connectivity index (χ4v) is 3.03. The van der Waals surface area contributed by atoms with Crippen LogP contribution in [-0.4, -0.2) is 49.2 Å². The first-order valence-electron chi connectivity index (χ1n) is 6.60. The molecule has 1 aliphatic rings. The topological polar surface area (TPSA) is 43.3 Å². The van der Waals surface area contributed by atoms with Gasteiger partial charge >= 0.3 is 6.61 Å². The molecule has 1 aromatic rings. The Morgan fingerprint density at radius 3 is 2.48 bits per heavy atom. The van der Waals surface area contributed by atoms with E-state index in [1.165, 1.54) is 21.3 Å². The van der Waals surface area contributed by atoms with Crippen LogP contribution in [0.25, 0.3) is 0 Å². The number of alkyl halides is 4. The van der Waals surface area contributed by atoms with Crippen LogP contribution in [0.1, 0.15) is 17.4 Å². The number of hydrogen-bond acceptors (Lipinski definition) is 5. The lowest BCUT2D eigenvalue weighted by Gasteiger charge is -2.26. The third-order valence-electron chi connectivity index (χ3n) is 3.32. The van der Waals surface area contributed by atoms with E-state index in [1.807, 2.05) is 0 Å². The average molecular weight is 369 g/mol. The molecule has 2 rings (SSSR count). The first-order chi connectivity index (χ1) is 10.8. The minimum Gasteiger partial charge on any atom is -0.352 e. The number of methoxy groups -OCH3 is 2. The number of hydrogen-bond donors (Lipinski definition) is 0. The lowest BCUT2D eigenvalue weighted by molar-refractivity contribution is -0.195. The molecule has 0 saturated carbocycles. The number of halogens is 4. The van der Waals surface area contributed by atoms with E-state index in [0.717, 1.165) is 5.01 Å². The zero-order valence-electron chi connectivity index (χ0n) is 12.7. The van der Waals surface area contributed by atoms with Crippen LogP contribution in [0.5, 0.6) is 0 Å². The molecule has 0 amide bonds. The lowest BCUT2D eigenvalue weighted by atomic mass is 10.0. The quantitative estimate of drug-likeness (QED) is 0.570. The lowest BCUT2D eigenvalue weighted by Crippen LogP contribution is -2.43. The first kappa shape index (κ1) is 18.4. The van der Waals surface area contributed by atoms with Crippen LogP contribution in [0, 0.1) is 0 Å². The van der Waals surface area contributed by atoms with Gasteiger partial charge in [0.05, 0.1) is 0 Å². The predicted octanol–water partition coefficient (Wildman–Crippen LogP) is 3.37. The maximum Gasteiger partial charge on any atom is 0.347 e. The Hall–Kier alpha value is -0.990. The van der Waals surface area contributed by atoms with E-state index >= 15 is 0 Å². The van der Waals surface area contributed by atoms with Crippen LogP contribution in [0.2, 0.25) is 0 Å². The zero-order valence-corrected chi connectivity index (χ0v) is 14.2. The molecule has 0 fully saturated rings. The molecule has 0 aliphatic carbocycles. The van der Waals surface area contributed by atoms with E-state index in [-0.39, 0.29) is 5.71 Å². The van der Waals surface area contributed by atoms with Gasteiger partial charge in [-0.2, -0.15) is 13.9 Å². The zero-order chi connectivity index (χ0) is 17.2. The summed E-state index contributed by atoms with van der Waals surface area (Å²) in [5, 5.41) is 5.31. The van der Waals surface area contributed by atoms with Gasteiger partial charge in [-0.1, -0.05) is 41.4 Å². The van der Waals surface area contributed by atoms with Gasteiger partial charge in [-0.3, -0.25) is 9.75 Å². The van der Waals surface area contributed by atoms with Crippen LogP contribution in [0.15, 0.2) is 29.4 Å². The highest BCUT2D eigenvalue weighted by Gasteiger charge is 2.50. The Kier molecular flexibility index (Phi) is 5.80. The minimum atomic E-state index is -3.02. The SMILES string of the molecule is COC(OC)c1cccc(C2=NN(C)C(OC(F)F)C2(Cl)Cl)c1. The summed E-state index contributed by atoms with van der Waals surface area (Å²) in [5.74, 6) is 0. The molecular formula is C14H16Cl2F2N2O3. The Morgan fingerprint density at radius 1 is 1.26 bits per heavy atom. The summed E-state index contributed by atoms with van der Waals surface area (Å²) >= 11 is 12.5. The number of rotatable bonds is 6. The van der Waals surface area contributed by atoms with Gasteiger partial charge in [0.25, 0.3) is 0 Å². The molecule has 9 heteroatoms. The van der Waals surface area contributed by atoms with E-state index in [1.54, 1.807) is 24.3 Å². The molecule has 23 heavy (non-hydrogen) atoms. The normalized spacial score (nSPS) is 20.5. The monoisotopic (exact) mass is 368 g/mol. The maximum atomic E-state index is 12.5. The van der Waals surface area contributed by atoms with E-state index in [2.05, 4.69) is 9.84 Å². The van der Waals surface area contributed by atoms with Crippen molar-refractivity contribution in [1.82, 2.24) is 5.01 Å². The molecule has 1 aromatic carbocycles. The average Bonchev–Trinajstić information content (AvgIpc) is 2.72. The van der Waals surface area contributed by atoms with Gasteiger partial charge in [-0.05, 0) is 6.07 Å². The van der Waals surface area contributed by atoms with E-state index in [0.29, 0.717) is 11.1 Å². The largest absolute Gasteiger partial charge is 0.352 e. The third-order valence-corrected chi connectivity index (χ3v) is 4.05. The summed E-state index contributed by atoms with van der Waals surface area (Å²) in [6.45, 7) is -3.02. The summed E-state index contributed by atoms with van der Waals surface area (Å²) in [6.07, 6.45) is -1.88. The Bertz CT molecular complexity index is 583. The van der Waals surface area contributed by atoms with Crippen molar-refractivity contribution in [2.45, 2.75) is 23.5 Å². The summed E-state index contributed by atoms with van der Waals surface area (Å²) in [5.41, 5.74) is 1.47. The van der Waals surface area contributed by atoms with Gasteiger partial charge in [0.2, 0.25) is 4.33 Å². The number of benzene rings is 1. The molecule has 0 aromatic heterocycles. The fourth-order valence-electron chi connectivity index (χ4n) is 2.35. The molecule has 0 spiro atoms. The number of hydrazone groups is 1. The second-order valence-electron chi connectivity index (χ2n) is 4.82. The molecule has 0 saturated heterocycles. The third kappa shape index (κ3) is 3.75. The van der Waals surface area contributed by atoms with Crippen LogP contribution >= 0.6 is 23.2 Å². The van der Waals surface area contributed by atoms with Crippen LogP contribution in [-0.2, 0) is 14.2 Å². The minimum absolute atomic E-state index is 0.210. The van der Waals surface area contributed by atoms with Gasteiger partial charge < -0.3 is 9.47 Å². The maximum absolute atomic E-state index is 12.5. The molecule has 5 nitrogen and oxygen atoms in total. The molecule has 0 radical (unpaired) electrons. The summed E-state index contributed by atoms with van der Waals surface area (Å²) < 4.78 is 38.2. The highest BCUT2D eigenvalue weighted by Crippen LogP contribution is 2.40. The smallest absolute Gasteiger partial charge is 0.347 e. The highest BCUT2D eigenvalue weighted by molar-refractivity contribution is 6.61. The van der Waals surface area contributed by atoms with Crippen molar-refractivity contribution in [2.24, 2.45) is 5.10 Å². The summed E-state index contributed by atoms with van der Waals surface area (Å²) in [4.78, 5) is 0. The standard InChI is InChI=1S/C14H16Cl2F2N2O3/c1-20-12(23-13(17)18)14(15,16)10(19-20)8-5-4-6-9(7-8)11(21-2)22-3/h4-7,11-13H,1-3H3. The van der Waals surface area contributed by atoms with Crippen LogP contribution < -0.4 is 0 Å². The molecule has 0 bridgehead atoms. The van der Waals surface area contributed by atoms with Crippen molar-refractivity contribution < 1.29 is 23.0 Å². The Balaban J connectivity index is 2.35. The van der Waals surface area contributed by atoms with Crippen molar-refractivity contribution in [3.05, 3.63) is 35.4 Å². The van der Waals surface area contributed by atoms with Gasteiger partial charge in [0.15, 0.2) is 12.5 Å². The summed E-state index contributed by atoms with van der Waals surface area (Å²) in [6, 6.07) is 6.96. The van der Waals surface area contributed by atoms with Crippen molar-refractivity contribution in [1.29, 1.82) is 0 Å². The molecule has 1 unspecified atom stereocenters. The fraction of sp³-hybridized carbons (Fsp3) is 0.500. The van der Waals surface area contributed by atoms with Crippen molar-refractivity contribution in [3.8, 4) is 0 Å². The van der Waals surface area contributed by atoms with Gasteiger partial charge in [0, 0.05) is 32.4 Å². The van der Waals surface area contributed by atoms with Gasteiger partial charge in [0.1, 0.15) is 5.71 Å². The van der Waals surface area contributed by atoms with Crippen molar-refractivity contribution in [2.75, 3.05) is 21.3 Å². The molecule has 1 atom stereocenters. The van der Waals surface area contributed by atoms with Crippen molar-refractivity contribution >= 4 is 28.9 Å². The summed E-state index contributed by atoms with van der Waals surface area (Å²) in [7, 11) is 4.46. The van der Waals surface area contributed by atoms with Crippen LogP contribution in [0.4, 0.5) is 8.78 Å². The highest BCUT2D eigenvalue weighted by atomic mass is 35.5. The van der Waals surface area contributed by atoms with Gasteiger partial charge in [-0.15, -0.1) is 0 Å². The Labute approximate surface area is 142 Å². The molecule has 1 heterocycles. The second kappa shape index (κ2) is 7.27. The molecule has 1 aliphatic heterocycles. The van der Waals surface area contributed by atoms with Crippen LogP contribution in [0.3, 0.4) is 0 Å². The predicted molar refractivity (Wildman–Crippen MR) is 82.8 cm³/mol. The number of ether oxygens (including phenoxy) is 3. The Morgan fingerprint density at radius 2 is 1.91 bits per heavy atom. The molecule has 0 N–H and O–H groups in total. The van der Waals surface area contributed by atoms with E-state index < -0.39 is 23.5 Å². The van der Waals surface area contributed by atoms with Crippen molar-refractivity contribution in [3.63, 3.8) is 0 Å². The van der Waals surface area contributed by atoms with E-state index in [9.17, 15) is 8.78 Å². The van der Waals surface area contributed by atoms with E-state index in [4.69, 9.17) is 32.7 Å². The number of nitrogens with zero attached hydrogens (tertiary/aromatic N) is 2. The molecular weight excluding hydrogens is 353 g/mol. The van der Waals surface area contributed by atoms with Gasteiger partial charge in [-0.25, -0.2) is 0 Å².